The summed E-state index contributed by atoms with van der Waals surface area (Å²) in [6.07, 6.45) is 7.36. The van der Waals surface area contributed by atoms with E-state index in [1.165, 1.54) is 32.2 Å². The molecule has 0 fully saturated rings. The molecule has 122 valence electrons. The summed E-state index contributed by atoms with van der Waals surface area (Å²) in [7, 11) is 0. The van der Waals surface area contributed by atoms with Crippen LogP contribution in [0.5, 0.6) is 0 Å². The minimum atomic E-state index is 0. The highest BCUT2D eigenvalue weighted by atomic mass is 127. The van der Waals surface area contributed by atoms with Crippen LogP contribution in [0.25, 0.3) is 0 Å². The number of hydrogen-bond donors (Lipinski definition) is 2. The van der Waals surface area contributed by atoms with E-state index >= 15 is 0 Å². The third-order valence-corrected chi connectivity index (χ3v) is 3.40. The molecule has 0 aliphatic rings. The van der Waals surface area contributed by atoms with Crippen molar-refractivity contribution in [2.75, 3.05) is 32.7 Å². The zero-order chi connectivity index (χ0) is 14.3. The standard InChI is InChI=1S/C15H34N4.HI/c1-4-7-8-9-12-17-15(16)18-13-10-11-14-19(5-2)6-3;/h4-14H2,1-3H3,(H3,16,17,18);1H. The van der Waals surface area contributed by atoms with Crippen LogP contribution in [0, 0.1) is 0 Å². The van der Waals surface area contributed by atoms with Crippen LogP contribution in [-0.4, -0.2) is 43.6 Å². The van der Waals surface area contributed by atoms with Gasteiger partial charge in [0, 0.05) is 13.1 Å². The van der Waals surface area contributed by atoms with Gasteiger partial charge in [0.1, 0.15) is 0 Å². The Morgan fingerprint density at radius 3 is 2.30 bits per heavy atom. The van der Waals surface area contributed by atoms with Gasteiger partial charge in [0.05, 0.1) is 0 Å². The molecule has 0 radical (unpaired) electrons. The molecule has 0 aromatic carbocycles. The number of guanidine groups is 1. The molecule has 4 nitrogen and oxygen atoms in total. The third kappa shape index (κ3) is 14.4. The van der Waals surface area contributed by atoms with E-state index in [9.17, 15) is 0 Å². The number of halogens is 1. The lowest BCUT2D eigenvalue weighted by atomic mass is 10.2. The second kappa shape index (κ2) is 17.0. The van der Waals surface area contributed by atoms with Crippen LogP contribution in [-0.2, 0) is 0 Å². The molecule has 0 aliphatic carbocycles. The van der Waals surface area contributed by atoms with Gasteiger partial charge in [-0.05, 0) is 38.9 Å². The number of rotatable bonds is 12. The van der Waals surface area contributed by atoms with E-state index in [0.717, 1.165) is 39.0 Å². The summed E-state index contributed by atoms with van der Waals surface area (Å²) in [5.74, 6) is 0.610. The lowest BCUT2D eigenvalue weighted by Gasteiger charge is -2.17. The quantitative estimate of drug-likeness (QED) is 0.230. The molecule has 0 atom stereocenters. The number of nitrogens with two attached hydrogens (primary N) is 1. The average Bonchev–Trinajstić information content (AvgIpc) is 2.42. The van der Waals surface area contributed by atoms with Gasteiger partial charge in [0.2, 0.25) is 0 Å². The van der Waals surface area contributed by atoms with Gasteiger partial charge >= 0.3 is 0 Å². The number of unbranched alkanes of at least 4 members (excludes halogenated alkanes) is 4. The maximum absolute atomic E-state index is 5.81. The summed E-state index contributed by atoms with van der Waals surface area (Å²) in [4.78, 5) is 6.78. The fourth-order valence-corrected chi connectivity index (χ4v) is 2.01. The molecule has 0 amide bonds. The molecule has 0 saturated carbocycles. The van der Waals surface area contributed by atoms with Crippen molar-refractivity contribution in [2.45, 2.75) is 59.3 Å². The summed E-state index contributed by atoms with van der Waals surface area (Å²) in [5, 5.41) is 3.19. The second-order valence-electron chi connectivity index (χ2n) is 4.99. The molecule has 0 saturated heterocycles. The predicted octanol–water partition coefficient (Wildman–Crippen LogP) is 3.21. The zero-order valence-corrected chi connectivity index (χ0v) is 16.0. The summed E-state index contributed by atoms with van der Waals surface area (Å²) < 4.78 is 0. The van der Waals surface area contributed by atoms with E-state index in [4.69, 9.17) is 5.73 Å². The molecule has 0 aromatic heterocycles. The first kappa shape index (κ1) is 22.2. The predicted molar refractivity (Wildman–Crippen MR) is 101 cm³/mol. The number of nitrogens with zero attached hydrogens (tertiary/aromatic N) is 2. The first-order valence-electron chi connectivity index (χ1n) is 8.00. The third-order valence-electron chi connectivity index (χ3n) is 3.40. The van der Waals surface area contributed by atoms with E-state index in [-0.39, 0.29) is 24.0 Å². The summed E-state index contributed by atoms with van der Waals surface area (Å²) >= 11 is 0. The van der Waals surface area contributed by atoms with Gasteiger partial charge in [-0.15, -0.1) is 24.0 Å². The van der Waals surface area contributed by atoms with Gasteiger partial charge in [0.15, 0.2) is 5.96 Å². The Morgan fingerprint density at radius 2 is 1.70 bits per heavy atom. The number of aliphatic imine (C=N–C) groups is 1. The summed E-state index contributed by atoms with van der Waals surface area (Å²) in [5.41, 5.74) is 5.81. The van der Waals surface area contributed by atoms with Gasteiger partial charge in [-0.2, -0.15) is 0 Å². The molecule has 0 rings (SSSR count). The monoisotopic (exact) mass is 398 g/mol. The van der Waals surface area contributed by atoms with Crippen LogP contribution in [0.2, 0.25) is 0 Å². The minimum Gasteiger partial charge on any atom is -0.370 e. The maximum atomic E-state index is 5.81. The molecular weight excluding hydrogens is 363 g/mol. The van der Waals surface area contributed by atoms with Crippen LogP contribution < -0.4 is 11.1 Å². The topological polar surface area (TPSA) is 53.6 Å². The van der Waals surface area contributed by atoms with Crippen molar-refractivity contribution in [1.82, 2.24) is 10.2 Å². The van der Waals surface area contributed by atoms with Crippen molar-refractivity contribution in [3.63, 3.8) is 0 Å². The Bertz CT molecular complexity index is 218. The first-order chi connectivity index (χ1) is 9.24. The fraction of sp³-hybridized carbons (Fsp3) is 0.933. The van der Waals surface area contributed by atoms with Crippen molar-refractivity contribution in [3.8, 4) is 0 Å². The van der Waals surface area contributed by atoms with Crippen LogP contribution in [0.3, 0.4) is 0 Å². The molecule has 5 heteroatoms. The molecule has 0 aliphatic heterocycles. The Balaban J connectivity index is 0. The van der Waals surface area contributed by atoms with Crippen molar-refractivity contribution in [3.05, 3.63) is 0 Å². The second-order valence-corrected chi connectivity index (χ2v) is 4.99. The van der Waals surface area contributed by atoms with Gasteiger partial charge in [-0.3, -0.25) is 4.99 Å². The van der Waals surface area contributed by atoms with E-state index in [2.05, 4.69) is 36.0 Å². The summed E-state index contributed by atoms with van der Waals surface area (Å²) in [6, 6.07) is 0. The largest absolute Gasteiger partial charge is 0.370 e. The van der Waals surface area contributed by atoms with Gasteiger partial charge in [-0.1, -0.05) is 40.0 Å². The van der Waals surface area contributed by atoms with Crippen molar-refractivity contribution in [1.29, 1.82) is 0 Å². The SMILES string of the molecule is CCCCCCN=C(N)NCCCCN(CC)CC.I. The van der Waals surface area contributed by atoms with E-state index in [1.807, 2.05) is 0 Å². The Morgan fingerprint density at radius 1 is 1.00 bits per heavy atom. The Kier molecular flexibility index (Phi) is 18.9. The minimum absolute atomic E-state index is 0. The van der Waals surface area contributed by atoms with Gasteiger partial charge in [0.25, 0.3) is 0 Å². The highest BCUT2D eigenvalue weighted by molar-refractivity contribution is 14.0. The number of nitrogens with one attached hydrogen (secondary N) is 1. The van der Waals surface area contributed by atoms with Crippen molar-refractivity contribution in [2.24, 2.45) is 10.7 Å². The summed E-state index contributed by atoms with van der Waals surface area (Å²) in [6.45, 7) is 11.9. The van der Waals surface area contributed by atoms with Crippen LogP contribution in [0.15, 0.2) is 4.99 Å². The normalized spacial score (nSPS) is 11.5. The Labute approximate surface area is 143 Å². The lowest BCUT2D eigenvalue weighted by molar-refractivity contribution is 0.297. The maximum Gasteiger partial charge on any atom is 0.188 e. The van der Waals surface area contributed by atoms with Gasteiger partial charge < -0.3 is 16.0 Å². The molecule has 20 heavy (non-hydrogen) atoms. The van der Waals surface area contributed by atoms with E-state index < -0.39 is 0 Å². The van der Waals surface area contributed by atoms with Gasteiger partial charge in [-0.25, -0.2) is 0 Å². The van der Waals surface area contributed by atoms with Crippen molar-refractivity contribution < 1.29 is 0 Å². The van der Waals surface area contributed by atoms with E-state index in [0.29, 0.717) is 5.96 Å². The van der Waals surface area contributed by atoms with Crippen molar-refractivity contribution >= 4 is 29.9 Å². The molecule has 0 spiro atoms. The molecule has 3 N–H and O–H groups in total. The zero-order valence-electron chi connectivity index (χ0n) is 13.7. The molecule has 0 aromatic rings. The molecule has 0 heterocycles. The van der Waals surface area contributed by atoms with Crippen LogP contribution in [0.4, 0.5) is 0 Å². The Hall–Kier alpha value is -0.0400. The highest BCUT2D eigenvalue weighted by Gasteiger charge is 1.98. The molecule has 0 bridgehead atoms. The van der Waals surface area contributed by atoms with E-state index in [1.54, 1.807) is 0 Å². The van der Waals surface area contributed by atoms with Crippen LogP contribution in [0.1, 0.15) is 59.3 Å². The smallest absolute Gasteiger partial charge is 0.188 e. The highest BCUT2D eigenvalue weighted by Crippen LogP contribution is 1.98. The number of hydrogen-bond acceptors (Lipinski definition) is 2. The average molecular weight is 398 g/mol. The molecular formula is C15H35IN4. The molecule has 0 unspecified atom stereocenters. The fourth-order valence-electron chi connectivity index (χ4n) is 2.01. The lowest BCUT2D eigenvalue weighted by Crippen LogP contribution is -2.33. The first-order valence-corrected chi connectivity index (χ1v) is 8.00. The van der Waals surface area contributed by atoms with Crippen LogP contribution >= 0.6 is 24.0 Å².